The van der Waals surface area contributed by atoms with Crippen LogP contribution in [-0.4, -0.2) is 21.1 Å². The van der Waals surface area contributed by atoms with Crippen molar-refractivity contribution >= 4 is 28.2 Å². The number of halogens is 3. The summed E-state index contributed by atoms with van der Waals surface area (Å²) in [6, 6.07) is 6.83. The van der Waals surface area contributed by atoms with Gasteiger partial charge in [-0.2, -0.15) is 13.2 Å². The maximum Gasteiger partial charge on any atom is 0.416 e. The third-order valence-corrected chi connectivity index (χ3v) is 7.97. The van der Waals surface area contributed by atoms with Crippen LogP contribution in [0.2, 0.25) is 0 Å². The van der Waals surface area contributed by atoms with Crippen LogP contribution in [0.4, 0.5) is 19.0 Å². The van der Waals surface area contributed by atoms with Crippen molar-refractivity contribution in [2.75, 3.05) is 5.32 Å². The lowest BCUT2D eigenvalue weighted by Gasteiger charge is -2.33. The van der Waals surface area contributed by atoms with Crippen LogP contribution in [-0.2, 0) is 14.1 Å². The Balaban J connectivity index is 1.81. The second-order valence-electron chi connectivity index (χ2n) is 7.50. The van der Waals surface area contributed by atoms with Crippen molar-refractivity contribution in [3.63, 3.8) is 0 Å². The van der Waals surface area contributed by atoms with Gasteiger partial charge in [-0.3, -0.25) is 18.7 Å². The van der Waals surface area contributed by atoms with Gasteiger partial charge in [0.25, 0.3) is 5.56 Å². The number of ketones is 1. The van der Waals surface area contributed by atoms with E-state index in [2.05, 4.69) is 5.32 Å². The molecule has 6 nitrogen and oxygen atoms in total. The number of carbonyl (C=O) groups is 1. The number of fused-ring (bicyclic) bond motifs is 3. The van der Waals surface area contributed by atoms with Crippen molar-refractivity contribution in [1.29, 1.82) is 0 Å². The summed E-state index contributed by atoms with van der Waals surface area (Å²) in [5.41, 5.74) is -0.160. The molecule has 10 heteroatoms. The first-order chi connectivity index (χ1) is 14.6. The maximum atomic E-state index is 13.3. The number of aromatic nitrogens is 2. The minimum Gasteiger partial charge on any atom is -0.340 e. The van der Waals surface area contributed by atoms with Crippen molar-refractivity contribution in [3.8, 4) is 0 Å². The Morgan fingerprint density at radius 1 is 1.03 bits per heavy atom. The summed E-state index contributed by atoms with van der Waals surface area (Å²) in [6.45, 7) is 0. The first kappa shape index (κ1) is 19.7. The number of Topliss-reactive ketones (excluding diaryl/α,β-unsaturated/α-hetero) is 1. The van der Waals surface area contributed by atoms with Gasteiger partial charge >= 0.3 is 11.9 Å². The minimum absolute atomic E-state index is 0.125. The molecule has 0 bridgehead atoms. The number of allylic oxidation sites excluding steroid dienone is 2. The fraction of sp³-hybridized carbons (Fsp3) is 0.190. The molecular formula is C21H16F3N3O3S. The molecule has 2 unspecified atom stereocenters. The number of carbonyl (C=O) groups excluding carboxylic acids is 1. The fourth-order valence-electron chi connectivity index (χ4n) is 4.27. The Morgan fingerprint density at radius 2 is 1.71 bits per heavy atom. The largest absolute Gasteiger partial charge is 0.416 e. The lowest BCUT2D eigenvalue weighted by Crippen LogP contribution is -2.42. The van der Waals surface area contributed by atoms with E-state index in [1.54, 1.807) is 24.3 Å². The zero-order valence-electron chi connectivity index (χ0n) is 16.3. The number of benzene rings is 1. The van der Waals surface area contributed by atoms with E-state index in [0.717, 1.165) is 16.1 Å². The van der Waals surface area contributed by atoms with Gasteiger partial charge in [-0.05, 0) is 16.9 Å². The Morgan fingerprint density at radius 3 is 2.35 bits per heavy atom. The van der Waals surface area contributed by atoms with Gasteiger partial charge in [-0.1, -0.05) is 24.3 Å². The molecule has 2 aromatic rings. The van der Waals surface area contributed by atoms with E-state index in [0.29, 0.717) is 16.8 Å². The normalized spacial score (nSPS) is 22.7. The molecule has 1 aromatic heterocycles. The SMILES string of the molecule is Cn1c2c(c(=O)n(C)c1=O)C([SH]1C=CC(C(F)(F)F)=C1)C1=C(N2)c2ccccc2C1=O. The average molecular weight is 447 g/mol. The fourth-order valence-corrected chi connectivity index (χ4v) is 6.64. The molecule has 0 spiro atoms. The summed E-state index contributed by atoms with van der Waals surface area (Å²) < 4.78 is 42.1. The van der Waals surface area contributed by atoms with Crippen LogP contribution in [0.3, 0.4) is 0 Å². The molecule has 5 rings (SSSR count). The van der Waals surface area contributed by atoms with Gasteiger partial charge in [0.05, 0.1) is 22.1 Å². The zero-order chi connectivity index (χ0) is 22.2. The van der Waals surface area contributed by atoms with Crippen LogP contribution in [0.5, 0.6) is 0 Å². The zero-order valence-corrected chi connectivity index (χ0v) is 17.2. The average Bonchev–Trinajstić information content (AvgIpc) is 3.34. The summed E-state index contributed by atoms with van der Waals surface area (Å²) in [5, 5.41) is 4.69. The summed E-state index contributed by atoms with van der Waals surface area (Å²) in [6.07, 6.45) is -3.54. The molecule has 0 amide bonds. The van der Waals surface area contributed by atoms with Gasteiger partial charge in [0.1, 0.15) is 5.82 Å². The van der Waals surface area contributed by atoms with Crippen LogP contribution < -0.4 is 16.6 Å². The van der Waals surface area contributed by atoms with Gasteiger partial charge < -0.3 is 5.32 Å². The van der Waals surface area contributed by atoms with Gasteiger partial charge in [-0.25, -0.2) is 15.7 Å². The first-order valence-electron chi connectivity index (χ1n) is 9.31. The lowest BCUT2D eigenvalue weighted by molar-refractivity contribution is -0.0878. The van der Waals surface area contributed by atoms with Crippen LogP contribution in [0, 0.1) is 0 Å². The standard InChI is InChI=1S/C21H16F3N3O3S/c1-26-18-14(19(29)27(2)20(26)30)17(31-8-7-10(9-31)21(22,23)24)13-15(25-18)11-5-3-4-6-12(11)16(13)28/h3-9,17,25,31H,1-2H3. The Kier molecular flexibility index (Phi) is 4.04. The highest BCUT2D eigenvalue weighted by molar-refractivity contribution is 8.22. The molecule has 2 aliphatic heterocycles. The maximum absolute atomic E-state index is 13.3. The van der Waals surface area contributed by atoms with Crippen molar-refractivity contribution in [2.45, 2.75) is 11.4 Å². The molecule has 0 saturated heterocycles. The lowest BCUT2D eigenvalue weighted by atomic mass is 9.99. The van der Waals surface area contributed by atoms with E-state index >= 15 is 0 Å². The molecule has 0 radical (unpaired) electrons. The Bertz CT molecular complexity index is 1400. The highest BCUT2D eigenvalue weighted by atomic mass is 32.2. The van der Waals surface area contributed by atoms with Gasteiger partial charge in [0, 0.05) is 30.8 Å². The quantitative estimate of drug-likeness (QED) is 0.659. The number of hydrogen-bond donors (Lipinski definition) is 2. The van der Waals surface area contributed by atoms with Crippen molar-refractivity contribution in [3.05, 3.63) is 89.8 Å². The molecule has 1 aromatic carbocycles. The predicted molar refractivity (Wildman–Crippen MR) is 113 cm³/mol. The highest BCUT2D eigenvalue weighted by Crippen LogP contribution is 2.59. The molecular weight excluding hydrogens is 431 g/mol. The van der Waals surface area contributed by atoms with Crippen LogP contribution >= 0.6 is 10.9 Å². The topological polar surface area (TPSA) is 73.1 Å². The molecule has 3 aliphatic rings. The number of nitrogens with one attached hydrogen (secondary N) is 1. The number of anilines is 1. The summed E-state index contributed by atoms with van der Waals surface area (Å²) >= 11 is 0. The van der Waals surface area contributed by atoms with Crippen molar-refractivity contribution in [2.24, 2.45) is 14.1 Å². The number of hydrogen-bond acceptors (Lipinski definition) is 4. The molecule has 160 valence electrons. The monoisotopic (exact) mass is 447 g/mol. The second-order valence-corrected chi connectivity index (χ2v) is 9.47. The number of rotatable bonds is 1. The number of thiol groups is 1. The Hall–Kier alpha value is -3.27. The van der Waals surface area contributed by atoms with Crippen LogP contribution in [0.15, 0.2) is 61.9 Å². The second kappa shape index (κ2) is 6.36. The molecule has 31 heavy (non-hydrogen) atoms. The van der Waals surface area contributed by atoms with Gasteiger partial charge in [0.15, 0.2) is 5.78 Å². The smallest absolute Gasteiger partial charge is 0.340 e. The van der Waals surface area contributed by atoms with Crippen molar-refractivity contribution < 1.29 is 18.0 Å². The van der Waals surface area contributed by atoms with Crippen LogP contribution in [0.25, 0.3) is 5.70 Å². The summed E-state index contributed by atoms with van der Waals surface area (Å²) in [4.78, 5) is 38.9. The Labute approximate surface area is 176 Å². The molecule has 2 atom stereocenters. The van der Waals surface area contributed by atoms with E-state index in [4.69, 9.17) is 0 Å². The van der Waals surface area contributed by atoms with E-state index < -0.39 is 39.1 Å². The molecule has 1 N–H and O–H groups in total. The first-order valence-corrected chi connectivity index (χ1v) is 10.9. The minimum atomic E-state index is -4.53. The van der Waals surface area contributed by atoms with Crippen molar-refractivity contribution in [1.82, 2.24) is 9.13 Å². The number of alkyl halides is 3. The van der Waals surface area contributed by atoms with Gasteiger partial charge in [-0.15, -0.1) is 0 Å². The van der Waals surface area contributed by atoms with E-state index in [9.17, 15) is 27.6 Å². The van der Waals surface area contributed by atoms with Crippen LogP contribution in [0.1, 0.15) is 26.7 Å². The third kappa shape index (κ3) is 2.64. The molecule has 1 aliphatic carbocycles. The molecule has 0 saturated carbocycles. The predicted octanol–water partition coefficient (Wildman–Crippen LogP) is 3.13. The van der Waals surface area contributed by atoms with E-state index in [-0.39, 0.29) is 22.7 Å². The summed E-state index contributed by atoms with van der Waals surface area (Å²) in [5.74, 6) is -0.125. The van der Waals surface area contributed by atoms with E-state index in [1.807, 2.05) is 0 Å². The summed E-state index contributed by atoms with van der Waals surface area (Å²) in [7, 11) is 1.12. The molecule has 0 fully saturated rings. The highest BCUT2D eigenvalue weighted by Gasteiger charge is 2.45. The third-order valence-electron chi connectivity index (χ3n) is 5.78. The van der Waals surface area contributed by atoms with E-state index in [1.165, 1.54) is 24.1 Å². The number of nitrogens with zero attached hydrogens (tertiary/aromatic N) is 2. The van der Waals surface area contributed by atoms with Gasteiger partial charge in [0.2, 0.25) is 0 Å². The molecule has 3 heterocycles.